The molecule has 1 aromatic carbocycles. The highest BCUT2D eigenvalue weighted by Crippen LogP contribution is 2.17. The molecule has 7 nitrogen and oxygen atoms in total. The molecule has 0 fully saturated rings. The van der Waals surface area contributed by atoms with Gasteiger partial charge in [-0.05, 0) is 25.5 Å². The number of rotatable bonds is 7. The Balaban J connectivity index is 2.40. The number of hydrogen-bond acceptors (Lipinski definition) is 4. The third kappa shape index (κ3) is 6.95. The number of benzene rings is 1. The smallest absolute Gasteiger partial charge is 0.325 e. The summed E-state index contributed by atoms with van der Waals surface area (Å²) in [5.41, 5.74) is 0.497. The summed E-state index contributed by atoms with van der Waals surface area (Å²) in [6.07, 6.45) is 0.0679. The van der Waals surface area contributed by atoms with E-state index in [1.807, 2.05) is 6.92 Å². The second kappa shape index (κ2) is 8.57. The average molecular weight is 294 g/mol. The summed E-state index contributed by atoms with van der Waals surface area (Å²) in [5.74, 6) is -0.877. The molecule has 0 saturated heterocycles. The van der Waals surface area contributed by atoms with Gasteiger partial charge in [-0.25, -0.2) is 4.79 Å². The molecule has 0 aliphatic carbocycles. The molecule has 1 rings (SSSR count). The van der Waals surface area contributed by atoms with E-state index in [0.29, 0.717) is 18.0 Å². The number of ether oxygens (including phenoxy) is 1. The van der Waals surface area contributed by atoms with E-state index >= 15 is 0 Å². The van der Waals surface area contributed by atoms with Gasteiger partial charge < -0.3 is 15.2 Å². The van der Waals surface area contributed by atoms with Crippen molar-refractivity contribution < 1.29 is 24.2 Å². The molecule has 3 amide bonds. The minimum Gasteiger partial charge on any atom is -0.494 e. The molecule has 0 radical (unpaired) electrons. The predicted octanol–water partition coefficient (Wildman–Crippen LogP) is 1.99. The van der Waals surface area contributed by atoms with Crippen LogP contribution in [0.2, 0.25) is 0 Å². The fraction of sp³-hybridized carbons (Fsp3) is 0.357. The Morgan fingerprint density at radius 1 is 1.24 bits per heavy atom. The molecule has 3 N–H and O–H groups in total. The molecule has 1 aromatic rings. The van der Waals surface area contributed by atoms with Crippen LogP contribution in [0.15, 0.2) is 24.3 Å². The highest BCUT2D eigenvalue weighted by atomic mass is 16.5. The van der Waals surface area contributed by atoms with E-state index in [-0.39, 0.29) is 19.3 Å². The maximum absolute atomic E-state index is 11.6. The molecule has 0 aromatic heterocycles. The molecule has 0 spiro atoms. The van der Waals surface area contributed by atoms with Crippen LogP contribution in [0.3, 0.4) is 0 Å². The van der Waals surface area contributed by atoms with Crippen LogP contribution in [0, 0.1) is 0 Å². The monoisotopic (exact) mass is 294 g/mol. The van der Waals surface area contributed by atoms with Gasteiger partial charge in [0.1, 0.15) is 5.75 Å². The zero-order valence-electron chi connectivity index (χ0n) is 11.7. The van der Waals surface area contributed by atoms with Crippen LogP contribution in [0.5, 0.6) is 5.75 Å². The molecule has 0 atom stereocenters. The van der Waals surface area contributed by atoms with Gasteiger partial charge in [-0.1, -0.05) is 6.07 Å². The van der Waals surface area contributed by atoms with Gasteiger partial charge in [0.05, 0.1) is 6.61 Å². The number of anilines is 1. The number of imide groups is 1. The number of hydrogen-bond donors (Lipinski definition) is 3. The first-order valence-electron chi connectivity index (χ1n) is 6.56. The minimum atomic E-state index is -0.972. The van der Waals surface area contributed by atoms with Crippen LogP contribution in [0.4, 0.5) is 10.5 Å². The van der Waals surface area contributed by atoms with E-state index in [0.717, 1.165) is 0 Å². The highest BCUT2D eigenvalue weighted by Gasteiger charge is 2.09. The van der Waals surface area contributed by atoms with Gasteiger partial charge in [-0.3, -0.25) is 14.9 Å². The maximum atomic E-state index is 11.6. The maximum Gasteiger partial charge on any atom is 0.325 e. The summed E-state index contributed by atoms with van der Waals surface area (Å²) >= 11 is 0. The third-order valence-corrected chi connectivity index (χ3v) is 2.45. The molecule has 0 aliphatic rings. The Morgan fingerprint density at radius 3 is 2.67 bits per heavy atom. The fourth-order valence-electron chi connectivity index (χ4n) is 1.58. The van der Waals surface area contributed by atoms with Crippen LogP contribution >= 0.6 is 0 Å². The second-order valence-corrected chi connectivity index (χ2v) is 4.21. The van der Waals surface area contributed by atoms with Gasteiger partial charge in [-0.2, -0.15) is 0 Å². The van der Waals surface area contributed by atoms with Crippen LogP contribution < -0.4 is 15.4 Å². The van der Waals surface area contributed by atoms with E-state index in [4.69, 9.17) is 9.84 Å². The summed E-state index contributed by atoms with van der Waals surface area (Å²) < 4.78 is 5.29. The Labute approximate surface area is 122 Å². The van der Waals surface area contributed by atoms with E-state index in [1.165, 1.54) is 0 Å². The van der Waals surface area contributed by atoms with Gasteiger partial charge in [0.15, 0.2) is 0 Å². The first-order chi connectivity index (χ1) is 10.0. The van der Waals surface area contributed by atoms with Crippen molar-refractivity contribution >= 4 is 23.6 Å². The van der Waals surface area contributed by atoms with Crippen LogP contribution in [0.1, 0.15) is 26.2 Å². The molecule has 0 heterocycles. The molecular weight excluding hydrogens is 276 g/mol. The molecule has 114 valence electrons. The third-order valence-electron chi connectivity index (χ3n) is 2.45. The van der Waals surface area contributed by atoms with Gasteiger partial charge in [0, 0.05) is 24.6 Å². The van der Waals surface area contributed by atoms with E-state index in [1.54, 1.807) is 24.3 Å². The largest absolute Gasteiger partial charge is 0.494 e. The summed E-state index contributed by atoms with van der Waals surface area (Å²) in [5, 5.41) is 13.1. The fourth-order valence-corrected chi connectivity index (χ4v) is 1.58. The number of nitrogens with one attached hydrogen (secondary N) is 2. The first-order valence-corrected chi connectivity index (χ1v) is 6.56. The van der Waals surface area contributed by atoms with Crippen LogP contribution in [0.25, 0.3) is 0 Å². The van der Waals surface area contributed by atoms with Gasteiger partial charge in [0.2, 0.25) is 5.91 Å². The zero-order valence-corrected chi connectivity index (χ0v) is 11.7. The van der Waals surface area contributed by atoms with Crippen molar-refractivity contribution in [3.63, 3.8) is 0 Å². The number of aliphatic carboxylic acids is 1. The predicted molar refractivity (Wildman–Crippen MR) is 76.3 cm³/mol. The lowest BCUT2D eigenvalue weighted by atomic mass is 10.2. The van der Waals surface area contributed by atoms with Crippen molar-refractivity contribution in [2.75, 3.05) is 11.9 Å². The SMILES string of the molecule is CCOc1cccc(NC(=O)NC(=O)CCCC(=O)O)c1. The Morgan fingerprint density at radius 2 is 2.00 bits per heavy atom. The van der Waals surface area contributed by atoms with Crippen molar-refractivity contribution in [3.05, 3.63) is 24.3 Å². The quantitative estimate of drug-likeness (QED) is 0.713. The van der Waals surface area contributed by atoms with Gasteiger partial charge in [-0.15, -0.1) is 0 Å². The molecule has 0 aliphatic heterocycles. The Kier molecular flexibility index (Phi) is 6.73. The average Bonchev–Trinajstić information content (AvgIpc) is 2.38. The number of carbonyl (C=O) groups is 3. The van der Waals surface area contributed by atoms with Crippen molar-refractivity contribution in [2.24, 2.45) is 0 Å². The number of urea groups is 1. The summed E-state index contributed by atoms with van der Waals surface area (Å²) in [4.78, 5) is 33.3. The van der Waals surface area contributed by atoms with Crippen molar-refractivity contribution in [3.8, 4) is 5.75 Å². The number of amides is 3. The first kappa shape index (κ1) is 16.5. The number of carbonyl (C=O) groups excluding carboxylic acids is 2. The normalized spacial score (nSPS) is 9.76. The molecular formula is C14H18N2O5. The standard InChI is InChI=1S/C14H18N2O5/c1-2-21-11-6-3-5-10(9-11)15-14(20)16-12(17)7-4-8-13(18)19/h3,5-6,9H,2,4,7-8H2,1H3,(H,18,19)(H2,15,16,17,20). The zero-order chi connectivity index (χ0) is 15.7. The summed E-state index contributed by atoms with van der Waals surface area (Å²) in [7, 11) is 0. The lowest BCUT2D eigenvalue weighted by molar-refractivity contribution is -0.137. The van der Waals surface area contributed by atoms with Crippen LogP contribution in [-0.2, 0) is 9.59 Å². The van der Waals surface area contributed by atoms with Crippen molar-refractivity contribution in [1.82, 2.24) is 5.32 Å². The van der Waals surface area contributed by atoms with Crippen LogP contribution in [-0.4, -0.2) is 29.6 Å². The summed E-state index contributed by atoms with van der Waals surface area (Å²) in [6.45, 7) is 2.36. The molecule has 0 bridgehead atoms. The molecule has 0 unspecified atom stereocenters. The lowest BCUT2D eigenvalue weighted by Gasteiger charge is -2.08. The lowest BCUT2D eigenvalue weighted by Crippen LogP contribution is -2.34. The Bertz CT molecular complexity index is 516. The summed E-state index contributed by atoms with van der Waals surface area (Å²) in [6, 6.07) is 6.11. The van der Waals surface area contributed by atoms with E-state index in [2.05, 4.69) is 10.6 Å². The molecule has 21 heavy (non-hydrogen) atoms. The highest BCUT2D eigenvalue weighted by molar-refractivity contribution is 6.01. The van der Waals surface area contributed by atoms with Crippen molar-refractivity contribution in [2.45, 2.75) is 26.2 Å². The van der Waals surface area contributed by atoms with Gasteiger partial charge >= 0.3 is 12.0 Å². The minimum absolute atomic E-state index is 0.0152. The van der Waals surface area contributed by atoms with E-state index in [9.17, 15) is 14.4 Å². The molecule has 0 saturated carbocycles. The van der Waals surface area contributed by atoms with Crippen molar-refractivity contribution in [1.29, 1.82) is 0 Å². The van der Waals surface area contributed by atoms with Gasteiger partial charge in [0.25, 0.3) is 0 Å². The number of carboxylic acids is 1. The van der Waals surface area contributed by atoms with E-state index < -0.39 is 17.9 Å². The number of carboxylic acid groups (broad SMARTS) is 1. The molecule has 7 heteroatoms. The topological polar surface area (TPSA) is 105 Å². The Hall–Kier alpha value is -2.57. The second-order valence-electron chi connectivity index (χ2n) is 4.21.